The molecule has 35 heavy (non-hydrogen) atoms. The number of thiophene rings is 1. The number of fused-ring (bicyclic) bond motifs is 1. The second kappa shape index (κ2) is 9.66. The van der Waals surface area contributed by atoms with Crippen LogP contribution in [-0.2, 0) is 12.0 Å². The van der Waals surface area contributed by atoms with Crippen LogP contribution in [0.1, 0.15) is 42.3 Å². The smallest absolute Gasteiger partial charge is 0.253 e. The van der Waals surface area contributed by atoms with Gasteiger partial charge in [0.2, 0.25) is 0 Å². The van der Waals surface area contributed by atoms with Crippen LogP contribution in [-0.4, -0.2) is 47.0 Å². The molecule has 7 heteroatoms. The van der Waals surface area contributed by atoms with E-state index in [1.807, 2.05) is 46.7 Å². The summed E-state index contributed by atoms with van der Waals surface area (Å²) in [6.45, 7) is 9.93. The van der Waals surface area contributed by atoms with Crippen LogP contribution in [0.2, 0.25) is 0 Å². The zero-order chi connectivity index (χ0) is 24.4. The van der Waals surface area contributed by atoms with Crippen molar-refractivity contribution in [2.75, 3.05) is 31.1 Å². The highest BCUT2D eigenvalue weighted by Crippen LogP contribution is 2.28. The van der Waals surface area contributed by atoms with Crippen molar-refractivity contribution in [1.82, 2.24) is 14.9 Å². The molecule has 2 aromatic heterocycles. The van der Waals surface area contributed by atoms with E-state index in [9.17, 15) is 4.79 Å². The molecule has 0 saturated carbocycles. The summed E-state index contributed by atoms with van der Waals surface area (Å²) in [6.07, 6.45) is 1.62. The maximum atomic E-state index is 13.1. The van der Waals surface area contributed by atoms with Crippen molar-refractivity contribution >= 4 is 33.3 Å². The number of amides is 1. The Morgan fingerprint density at radius 2 is 1.66 bits per heavy atom. The highest BCUT2D eigenvalue weighted by atomic mass is 32.1. The van der Waals surface area contributed by atoms with E-state index in [-0.39, 0.29) is 11.3 Å². The van der Waals surface area contributed by atoms with Gasteiger partial charge in [-0.2, -0.15) is 0 Å². The van der Waals surface area contributed by atoms with Crippen LogP contribution in [0.4, 0.5) is 5.82 Å². The molecule has 1 saturated heterocycles. The number of anilines is 1. The van der Waals surface area contributed by atoms with E-state index in [1.54, 1.807) is 17.7 Å². The number of ether oxygens (including phenoxy) is 1. The van der Waals surface area contributed by atoms with Gasteiger partial charge in [0.05, 0.1) is 5.39 Å². The van der Waals surface area contributed by atoms with Crippen molar-refractivity contribution < 1.29 is 9.53 Å². The molecule has 1 fully saturated rings. The number of carbonyl (C=O) groups excluding carboxylic acids is 1. The molecule has 1 aliphatic heterocycles. The minimum atomic E-state index is 0.0678. The third-order valence-corrected chi connectivity index (χ3v) is 7.25. The Hall–Kier alpha value is -3.45. The van der Waals surface area contributed by atoms with Gasteiger partial charge in [-0.15, -0.1) is 11.3 Å². The first-order chi connectivity index (χ1) is 16.9. The zero-order valence-electron chi connectivity index (χ0n) is 20.4. The number of piperazine rings is 1. The van der Waals surface area contributed by atoms with Crippen molar-refractivity contribution in [3.05, 3.63) is 83.0 Å². The minimum Gasteiger partial charge on any atom is -0.489 e. The molecule has 1 aliphatic rings. The maximum absolute atomic E-state index is 13.1. The second-order valence-corrected chi connectivity index (χ2v) is 10.8. The van der Waals surface area contributed by atoms with Crippen LogP contribution in [0.5, 0.6) is 5.75 Å². The summed E-state index contributed by atoms with van der Waals surface area (Å²) in [7, 11) is 0. The lowest BCUT2D eigenvalue weighted by Crippen LogP contribution is -2.49. The van der Waals surface area contributed by atoms with Crippen molar-refractivity contribution in [3.8, 4) is 5.75 Å². The third kappa shape index (κ3) is 5.15. The van der Waals surface area contributed by atoms with Gasteiger partial charge in [-0.1, -0.05) is 45.0 Å². The Bertz CT molecular complexity index is 1300. The number of rotatable bonds is 5. The number of nitrogens with zero attached hydrogens (tertiary/aromatic N) is 4. The van der Waals surface area contributed by atoms with Crippen molar-refractivity contribution in [2.24, 2.45) is 0 Å². The van der Waals surface area contributed by atoms with E-state index in [2.05, 4.69) is 53.8 Å². The van der Waals surface area contributed by atoms with E-state index in [0.717, 1.165) is 40.4 Å². The highest BCUT2D eigenvalue weighted by Gasteiger charge is 2.24. The lowest BCUT2D eigenvalue weighted by molar-refractivity contribution is 0.0746. The quantitative estimate of drug-likeness (QED) is 0.371. The molecular formula is C28H30N4O2S. The standard InChI is InChI=1S/C28H30N4O2S/c1-28(2,3)22-8-10-23(11-9-22)34-18-20-4-6-21(7-5-20)27(33)32-15-13-31(14-16-32)25-24-12-17-35-26(24)30-19-29-25/h4-12,17,19H,13-16,18H2,1-3H3. The van der Waals surface area contributed by atoms with Crippen LogP contribution >= 0.6 is 11.3 Å². The van der Waals surface area contributed by atoms with Crippen LogP contribution in [0.3, 0.4) is 0 Å². The number of benzene rings is 2. The first kappa shape index (κ1) is 23.3. The number of hydrogen-bond donors (Lipinski definition) is 0. The normalized spacial score (nSPS) is 14.4. The molecule has 0 bridgehead atoms. The fourth-order valence-corrected chi connectivity index (χ4v) is 5.02. The Morgan fingerprint density at radius 3 is 2.34 bits per heavy atom. The van der Waals surface area contributed by atoms with Crippen LogP contribution in [0.25, 0.3) is 10.2 Å². The van der Waals surface area contributed by atoms with Gasteiger partial charge in [-0.05, 0) is 52.3 Å². The third-order valence-electron chi connectivity index (χ3n) is 6.43. The molecule has 6 nitrogen and oxygen atoms in total. The van der Waals surface area contributed by atoms with Gasteiger partial charge in [0.15, 0.2) is 0 Å². The van der Waals surface area contributed by atoms with Gasteiger partial charge in [0.25, 0.3) is 5.91 Å². The maximum Gasteiger partial charge on any atom is 0.253 e. The first-order valence-corrected chi connectivity index (χ1v) is 12.8. The fraction of sp³-hybridized carbons (Fsp3) is 0.321. The molecule has 0 N–H and O–H groups in total. The summed E-state index contributed by atoms with van der Waals surface area (Å²) in [6, 6.07) is 18.1. The average Bonchev–Trinajstić information content (AvgIpc) is 3.36. The van der Waals surface area contributed by atoms with Crippen molar-refractivity contribution in [2.45, 2.75) is 32.8 Å². The topological polar surface area (TPSA) is 58.6 Å². The lowest BCUT2D eigenvalue weighted by Gasteiger charge is -2.35. The molecule has 0 atom stereocenters. The molecule has 2 aromatic carbocycles. The SMILES string of the molecule is CC(C)(C)c1ccc(OCc2ccc(C(=O)N3CCN(c4ncnc5sccc45)CC3)cc2)cc1. The molecule has 1 amide bonds. The van der Waals surface area contributed by atoms with E-state index in [0.29, 0.717) is 25.3 Å². The molecule has 5 rings (SSSR count). The van der Waals surface area contributed by atoms with E-state index in [4.69, 9.17) is 4.74 Å². The monoisotopic (exact) mass is 486 g/mol. The number of carbonyl (C=O) groups is 1. The molecule has 180 valence electrons. The highest BCUT2D eigenvalue weighted by molar-refractivity contribution is 7.16. The largest absolute Gasteiger partial charge is 0.489 e. The minimum absolute atomic E-state index is 0.0678. The summed E-state index contributed by atoms with van der Waals surface area (Å²) in [5, 5.41) is 3.13. The summed E-state index contributed by atoms with van der Waals surface area (Å²) in [5.41, 5.74) is 3.15. The molecule has 4 aromatic rings. The first-order valence-electron chi connectivity index (χ1n) is 11.9. The Kier molecular flexibility index (Phi) is 6.43. The second-order valence-electron chi connectivity index (χ2n) is 9.88. The van der Waals surface area contributed by atoms with Crippen LogP contribution < -0.4 is 9.64 Å². The Morgan fingerprint density at radius 1 is 0.943 bits per heavy atom. The molecule has 0 unspecified atom stereocenters. The van der Waals surface area contributed by atoms with Gasteiger partial charge in [0.1, 0.15) is 29.3 Å². The van der Waals surface area contributed by atoms with Crippen molar-refractivity contribution in [3.63, 3.8) is 0 Å². The van der Waals surface area contributed by atoms with E-state index >= 15 is 0 Å². The van der Waals surface area contributed by atoms with E-state index in [1.165, 1.54) is 5.56 Å². The molecule has 0 radical (unpaired) electrons. The zero-order valence-corrected chi connectivity index (χ0v) is 21.2. The molecule has 3 heterocycles. The molecule has 0 aliphatic carbocycles. The summed E-state index contributed by atoms with van der Waals surface area (Å²) in [4.78, 5) is 27.1. The Labute approximate surface area is 210 Å². The number of aromatic nitrogens is 2. The summed E-state index contributed by atoms with van der Waals surface area (Å²) in [5.74, 6) is 1.87. The average molecular weight is 487 g/mol. The van der Waals surface area contributed by atoms with Gasteiger partial charge >= 0.3 is 0 Å². The summed E-state index contributed by atoms with van der Waals surface area (Å²) < 4.78 is 5.94. The van der Waals surface area contributed by atoms with Crippen molar-refractivity contribution in [1.29, 1.82) is 0 Å². The predicted molar refractivity (Wildman–Crippen MR) is 141 cm³/mol. The van der Waals surface area contributed by atoms with Gasteiger partial charge in [-0.25, -0.2) is 9.97 Å². The fourth-order valence-electron chi connectivity index (χ4n) is 4.29. The van der Waals surface area contributed by atoms with Crippen LogP contribution in [0, 0.1) is 0 Å². The summed E-state index contributed by atoms with van der Waals surface area (Å²) >= 11 is 1.62. The Balaban J connectivity index is 1.15. The van der Waals surface area contributed by atoms with Gasteiger partial charge in [-0.3, -0.25) is 4.79 Å². The van der Waals surface area contributed by atoms with Crippen LogP contribution in [0.15, 0.2) is 66.3 Å². The van der Waals surface area contributed by atoms with Gasteiger partial charge in [0, 0.05) is 31.7 Å². The van der Waals surface area contributed by atoms with E-state index < -0.39 is 0 Å². The lowest BCUT2D eigenvalue weighted by atomic mass is 9.87. The predicted octanol–water partition coefficient (Wildman–Crippen LogP) is 5.53. The molecule has 0 spiro atoms. The van der Waals surface area contributed by atoms with Gasteiger partial charge < -0.3 is 14.5 Å². The number of hydrogen-bond acceptors (Lipinski definition) is 6. The molecular weight excluding hydrogens is 456 g/mol.